The highest BCUT2D eigenvalue weighted by molar-refractivity contribution is 5.94. The van der Waals surface area contributed by atoms with E-state index in [1.807, 2.05) is 6.92 Å². The molecule has 3 aromatic rings. The Morgan fingerprint density at radius 3 is 2.36 bits per heavy atom. The van der Waals surface area contributed by atoms with E-state index in [0.717, 1.165) is 12.0 Å². The zero-order valence-electron chi connectivity index (χ0n) is 15.5. The van der Waals surface area contributed by atoms with Crippen molar-refractivity contribution in [1.29, 1.82) is 0 Å². The summed E-state index contributed by atoms with van der Waals surface area (Å²) in [6.07, 6.45) is 2.96. The lowest BCUT2D eigenvalue weighted by molar-refractivity contribution is 0.0944. The van der Waals surface area contributed by atoms with Crippen molar-refractivity contribution >= 4 is 5.91 Å². The van der Waals surface area contributed by atoms with Gasteiger partial charge in [0.25, 0.3) is 5.91 Å². The molecule has 0 radical (unpaired) electrons. The molecule has 1 amide bonds. The number of hydrogen-bond donors (Lipinski definition) is 1. The van der Waals surface area contributed by atoms with Gasteiger partial charge in [0.15, 0.2) is 11.4 Å². The molecule has 0 atom stereocenters. The average molecular weight is 385 g/mol. The second-order valence-electron chi connectivity index (χ2n) is 6.24. The molecule has 0 saturated carbocycles. The van der Waals surface area contributed by atoms with Gasteiger partial charge in [-0.2, -0.15) is 5.10 Å². The number of aromatic nitrogens is 2. The summed E-state index contributed by atoms with van der Waals surface area (Å²) in [5.74, 6) is -0.645. The summed E-state index contributed by atoms with van der Waals surface area (Å²) in [6, 6.07) is 11.9. The number of rotatable bonds is 8. The highest BCUT2D eigenvalue weighted by atomic mass is 19.1. The molecular formula is C21H21F2N3O2. The van der Waals surface area contributed by atoms with Crippen LogP contribution in [0.1, 0.15) is 29.4 Å². The lowest BCUT2D eigenvalue weighted by atomic mass is 10.1. The van der Waals surface area contributed by atoms with E-state index in [9.17, 15) is 13.6 Å². The van der Waals surface area contributed by atoms with Gasteiger partial charge in [-0.3, -0.25) is 4.79 Å². The molecular weight excluding hydrogens is 364 g/mol. The van der Waals surface area contributed by atoms with E-state index in [0.29, 0.717) is 31.0 Å². The van der Waals surface area contributed by atoms with Crippen LogP contribution in [0.5, 0.6) is 5.75 Å². The van der Waals surface area contributed by atoms with Crippen LogP contribution >= 0.6 is 0 Å². The van der Waals surface area contributed by atoms with Gasteiger partial charge in [-0.15, -0.1) is 0 Å². The highest BCUT2D eigenvalue weighted by Gasteiger charge is 2.18. The summed E-state index contributed by atoms with van der Waals surface area (Å²) >= 11 is 0. The van der Waals surface area contributed by atoms with Gasteiger partial charge in [0.1, 0.15) is 11.6 Å². The van der Waals surface area contributed by atoms with Crippen molar-refractivity contribution < 1.29 is 18.3 Å². The van der Waals surface area contributed by atoms with Crippen LogP contribution in [0.15, 0.2) is 54.7 Å². The molecule has 7 heteroatoms. The first-order valence-electron chi connectivity index (χ1n) is 9.08. The Bertz CT molecular complexity index is 922. The first-order valence-corrected chi connectivity index (χ1v) is 9.08. The van der Waals surface area contributed by atoms with Gasteiger partial charge >= 0.3 is 0 Å². The molecule has 1 aromatic heterocycles. The highest BCUT2D eigenvalue weighted by Crippen LogP contribution is 2.20. The third-order valence-electron chi connectivity index (χ3n) is 4.06. The molecule has 0 saturated heterocycles. The lowest BCUT2D eigenvalue weighted by Gasteiger charge is -2.06. The molecule has 146 valence electrons. The molecule has 0 aliphatic carbocycles. The largest absolute Gasteiger partial charge is 0.489 e. The molecule has 0 spiro atoms. The number of ether oxygens (including phenoxy) is 1. The molecule has 2 aromatic carbocycles. The number of benzene rings is 2. The Kier molecular flexibility index (Phi) is 6.37. The number of hydrogen-bond acceptors (Lipinski definition) is 3. The second-order valence-corrected chi connectivity index (χ2v) is 6.24. The molecule has 3 rings (SSSR count). The smallest absolute Gasteiger partial charge is 0.275 e. The van der Waals surface area contributed by atoms with Crippen molar-refractivity contribution in [3.05, 3.63) is 77.6 Å². The minimum atomic E-state index is -0.367. The molecule has 1 heterocycles. The maximum Gasteiger partial charge on any atom is 0.275 e. The quantitative estimate of drug-likeness (QED) is 0.640. The van der Waals surface area contributed by atoms with Crippen LogP contribution in [0.2, 0.25) is 0 Å². The maximum atomic E-state index is 13.1. The van der Waals surface area contributed by atoms with Gasteiger partial charge in [0.05, 0.1) is 18.5 Å². The number of halogens is 2. The second kappa shape index (κ2) is 9.12. The number of nitrogens with zero attached hydrogens (tertiary/aromatic N) is 2. The number of nitrogens with one attached hydrogen (secondary N) is 1. The SMILES string of the molecule is CCCOc1cn(-c2ccc(F)cc2)nc1C(=O)NCCc1ccc(F)cc1. The van der Waals surface area contributed by atoms with Crippen molar-refractivity contribution in [2.75, 3.05) is 13.2 Å². The molecule has 0 fully saturated rings. The van der Waals surface area contributed by atoms with Crippen LogP contribution in [-0.4, -0.2) is 28.8 Å². The van der Waals surface area contributed by atoms with E-state index < -0.39 is 0 Å². The van der Waals surface area contributed by atoms with Crippen LogP contribution in [0, 0.1) is 11.6 Å². The van der Waals surface area contributed by atoms with E-state index >= 15 is 0 Å². The molecule has 0 bridgehead atoms. The van der Waals surface area contributed by atoms with Crippen LogP contribution in [0.4, 0.5) is 8.78 Å². The van der Waals surface area contributed by atoms with Crippen molar-refractivity contribution in [2.24, 2.45) is 0 Å². The van der Waals surface area contributed by atoms with E-state index in [1.165, 1.54) is 28.9 Å². The van der Waals surface area contributed by atoms with Crippen molar-refractivity contribution in [3.8, 4) is 11.4 Å². The number of carbonyl (C=O) groups excluding carboxylic acids is 1. The summed E-state index contributed by atoms with van der Waals surface area (Å²) in [5.41, 5.74) is 1.70. The molecule has 28 heavy (non-hydrogen) atoms. The van der Waals surface area contributed by atoms with Gasteiger partial charge < -0.3 is 10.1 Å². The Balaban J connectivity index is 1.71. The van der Waals surface area contributed by atoms with Crippen LogP contribution in [0.25, 0.3) is 5.69 Å². The fourth-order valence-corrected chi connectivity index (χ4v) is 2.61. The van der Waals surface area contributed by atoms with Crippen molar-refractivity contribution in [3.63, 3.8) is 0 Å². The predicted octanol–water partition coefficient (Wildman–Crippen LogP) is 3.91. The van der Waals surface area contributed by atoms with E-state index in [-0.39, 0.29) is 23.2 Å². The van der Waals surface area contributed by atoms with Crippen molar-refractivity contribution in [2.45, 2.75) is 19.8 Å². The number of carbonyl (C=O) groups is 1. The summed E-state index contributed by atoms with van der Waals surface area (Å²) in [7, 11) is 0. The average Bonchev–Trinajstić information content (AvgIpc) is 3.12. The zero-order valence-corrected chi connectivity index (χ0v) is 15.5. The first-order chi connectivity index (χ1) is 13.6. The van der Waals surface area contributed by atoms with Gasteiger partial charge in [-0.25, -0.2) is 13.5 Å². The normalized spacial score (nSPS) is 10.7. The van der Waals surface area contributed by atoms with Gasteiger partial charge in [0, 0.05) is 6.54 Å². The zero-order chi connectivity index (χ0) is 19.9. The lowest BCUT2D eigenvalue weighted by Crippen LogP contribution is -2.26. The Hall–Kier alpha value is -3.22. The summed E-state index contributed by atoms with van der Waals surface area (Å²) in [6.45, 7) is 2.79. The molecule has 1 N–H and O–H groups in total. The van der Waals surface area contributed by atoms with E-state index in [2.05, 4.69) is 10.4 Å². The topological polar surface area (TPSA) is 56.2 Å². The monoisotopic (exact) mass is 385 g/mol. The van der Waals surface area contributed by atoms with E-state index in [4.69, 9.17) is 4.74 Å². The third-order valence-corrected chi connectivity index (χ3v) is 4.06. The summed E-state index contributed by atoms with van der Waals surface area (Å²) in [4.78, 5) is 12.6. The van der Waals surface area contributed by atoms with Crippen LogP contribution in [-0.2, 0) is 6.42 Å². The minimum Gasteiger partial charge on any atom is -0.489 e. The van der Waals surface area contributed by atoms with Gasteiger partial charge in [0.2, 0.25) is 0 Å². The van der Waals surface area contributed by atoms with Crippen molar-refractivity contribution in [1.82, 2.24) is 15.1 Å². The molecule has 0 unspecified atom stereocenters. The fourth-order valence-electron chi connectivity index (χ4n) is 2.61. The Labute approximate surface area is 161 Å². The van der Waals surface area contributed by atoms with Crippen LogP contribution < -0.4 is 10.1 Å². The predicted molar refractivity (Wildman–Crippen MR) is 102 cm³/mol. The molecule has 0 aliphatic heterocycles. The summed E-state index contributed by atoms with van der Waals surface area (Å²) < 4.78 is 33.2. The van der Waals surface area contributed by atoms with Gasteiger partial charge in [-0.05, 0) is 54.8 Å². The fraction of sp³-hybridized carbons (Fsp3) is 0.238. The van der Waals surface area contributed by atoms with Gasteiger partial charge in [-0.1, -0.05) is 19.1 Å². The third kappa shape index (κ3) is 4.94. The Morgan fingerprint density at radius 1 is 1.07 bits per heavy atom. The molecule has 0 aliphatic rings. The maximum absolute atomic E-state index is 13.1. The Morgan fingerprint density at radius 2 is 1.71 bits per heavy atom. The number of amides is 1. The minimum absolute atomic E-state index is 0.164. The van der Waals surface area contributed by atoms with Crippen LogP contribution in [0.3, 0.4) is 0 Å². The summed E-state index contributed by atoms with van der Waals surface area (Å²) in [5, 5.41) is 7.11. The molecule has 5 nitrogen and oxygen atoms in total. The first kappa shape index (κ1) is 19.5. The standard InChI is InChI=1S/C21H21F2N3O2/c1-2-13-28-19-14-26(18-9-7-17(23)8-10-18)25-20(19)21(27)24-12-11-15-3-5-16(22)6-4-15/h3-10,14H,2,11-13H2,1H3,(H,24,27). The van der Waals surface area contributed by atoms with E-state index in [1.54, 1.807) is 30.5 Å².